The van der Waals surface area contributed by atoms with E-state index in [2.05, 4.69) is 165 Å². The minimum absolute atomic E-state index is 0.0140. The molecule has 3 aliphatic heterocycles. The first-order valence-electron chi connectivity index (χ1n) is 23.8. The number of hydrogen-bond acceptors (Lipinski definition) is 9. The summed E-state index contributed by atoms with van der Waals surface area (Å²) in [6.45, 7) is 5.73. The van der Waals surface area contributed by atoms with Crippen LogP contribution in [0.25, 0.3) is 0 Å². The molecule has 6 atom stereocenters. The zero-order valence-corrected chi connectivity index (χ0v) is 39.3. The van der Waals surface area contributed by atoms with Gasteiger partial charge in [0.05, 0.1) is 37.6 Å². The summed E-state index contributed by atoms with van der Waals surface area (Å²) in [7, 11) is 0. The highest BCUT2D eigenvalue weighted by atomic mass is 16.6. The van der Waals surface area contributed by atoms with E-state index >= 15 is 0 Å². The Morgan fingerprint density at radius 3 is 1.15 bits per heavy atom. The van der Waals surface area contributed by atoms with Gasteiger partial charge in [0.2, 0.25) is 0 Å². The van der Waals surface area contributed by atoms with E-state index in [0.29, 0.717) is 0 Å². The van der Waals surface area contributed by atoms with Crippen LogP contribution in [-0.2, 0) is 42.8 Å². The minimum atomic E-state index is -1.01. The second-order valence-corrected chi connectivity index (χ2v) is 15.6. The van der Waals surface area contributed by atoms with Crippen LogP contribution in [-0.4, -0.2) is 73.8 Å². The fraction of sp³-hybridized carbons (Fsp3) is 0.526. The Bertz CT molecular complexity index is 1970. The van der Waals surface area contributed by atoms with E-state index in [1.807, 2.05) is 0 Å². The Morgan fingerprint density at radius 1 is 0.470 bits per heavy atom. The van der Waals surface area contributed by atoms with Crippen LogP contribution >= 0.6 is 0 Å². The van der Waals surface area contributed by atoms with E-state index in [9.17, 15) is 14.4 Å². The van der Waals surface area contributed by atoms with Crippen molar-refractivity contribution in [1.82, 2.24) is 0 Å². The topological polar surface area (TPSA) is 116 Å². The van der Waals surface area contributed by atoms with E-state index in [0.717, 1.165) is 77.0 Å². The molecular weight excluding hydrogens is 829 g/mol. The zero-order chi connectivity index (χ0) is 47.1. The summed E-state index contributed by atoms with van der Waals surface area (Å²) in [5, 5.41) is 0. The molecule has 0 spiro atoms. The van der Waals surface area contributed by atoms with Gasteiger partial charge in [-0.05, 0) is 113 Å². The quantitative estimate of drug-likeness (QED) is 0.0181. The third-order valence-corrected chi connectivity index (χ3v) is 9.80. The van der Waals surface area contributed by atoms with Crippen LogP contribution in [0.4, 0.5) is 0 Å². The third kappa shape index (κ3) is 29.5. The lowest BCUT2D eigenvalue weighted by atomic mass is 10.1. The number of carbonyl (C=O) groups excluding carboxylic acids is 3. The molecule has 0 aromatic rings. The van der Waals surface area contributed by atoms with Gasteiger partial charge in [0.15, 0.2) is 6.10 Å². The number of unbranched alkanes of at least 4 members (excludes halogenated alkanes) is 3. The number of ether oxygens (including phenoxy) is 6. The van der Waals surface area contributed by atoms with E-state index in [1.54, 1.807) is 0 Å². The molecule has 0 aromatic heterocycles. The highest BCUT2D eigenvalue weighted by molar-refractivity contribution is 5.71. The van der Waals surface area contributed by atoms with Crippen LogP contribution in [0.15, 0.2) is 72.9 Å². The van der Waals surface area contributed by atoms with Crippen LogP contribution in [0.2, 0.25) is 0 Å². The highest BCUT2D eigenvalue weighted by Gasteiger charge is 2.37. The summed E-state index contributed by atoms with van der Waals surface area (Å²) in [6, 6.07) is 0. The van der Waals surface area contributed by atoms with Gasteiger partial charge in [-0.2, -0.15) is 0 Å². The smallest absolute Gasteiger partial charge is 0.307 e. The lowest BCUT2D eigenvalue weighted by Crippen LogP contribution is -2.30. The van der Waals surface area contributed by atoms with Crippen LogP contribution in [0.3, 0.4) is 0 Å². The van der Waals surface area contributed by atoms with Gasteiger partial charge >= 0.3 is 17.9 Å². The summed E-state index contributed by atoms with van der Waals surface area (Å²) in [5.41, 5.74) is 0. The molecule has 0 saturated carbocycles. The Kier molecular flexibility index (Phi) is 30.0. The molecule has 0 radical (unpaired) electrons. The molecule has 0 amide bonds. The van der Waals surface area contributed by atoms with Gasteiger partial charge in [-0.1, -0.05) is 129 Å². The van der Waals surface area contributed by atoms with Crippen molar-refractivity contribution in [3.05, 3.63) is 72.9 Å². The minimum Gasteiger partial charge on any atom is -0.462 e. The molecule has 0 bridgehead atoms. The molecule has 66 heavy (non-hydrogen) atoms. The monoisotopic (exact) mass is 896 g/mol. The Hall–Kier alpha value is -5.91. The molecule has 0 N–H and O–H groups in total. The Balaban J connectivity index is 1.37. The molecule has 0 aliphatic carbocycles. The fourth-order valence-electron chi connectivity index (χ4n) is 5.96. The van der Waals surface area contributed by atoms with E-state index in [4.69, 9.17) is 28.4 Å². The van der Waals surface area contributed by atoms with Crippen LogP contribution in [0.1, 0.15) is 136 Å². The SMILES string of the molecule is CCC=CC=CCCCC1OC1C#CC#CCCC(=O)OCC(COC(=O)CCC#CC#CC1OC1CCCC=CC=CCC)OC(=O)CCC#CC#CC1OC1CCCC=CC=CCC. The van der Waals surface area contributed by atoms with Crippen LogP contribution < -0.4 is 0 Å². The number of hydrogen-bond donors (Lipinski definition) is 0. The highest BCUT2D eigenvalue weighted by Crippen LogP contribution is 2.28. The molecule has 3 heterocycles. The molecule has 3 saturated heterocycles. The standard InChI is InChI=1S/C57H68O9/c1-4-7-10-13-16-19-28-37-49-52(64-49)40-31-22-25-34-43-55(58)61-46-48(63-57(60)45-36-27-24-33-42-54-51(66-54)39-30-21-18-15-12-9-6-3)47-62-56(59)44-35-26-23-32-41-53-50(65-53)38-29-20-17-14-11-8-5-2/h7-18,48-54H,4-6,19-21,28-30,34-39,43-47H2,1-3H3. The van der Waals surface area contributed by atoms with Crippen molar-refractivity contribution in [3.63, 3.8) is 0 Å². The lowest BCUT2D eigenvalue weighted by Gasteiger charge is -2.17. The molecule has 6 unspecified atom stereocenters. The zero-order valence-electron chi connectivity index (χ0n) is 39.3. The van der Waals surface area contributed by atoms with Crippen molar-refractivity contribution in [2.45, 2.75) is 179 Å². The van der Waals surface area contributed by atoms with Gasteiger partial charge in [-0.3, -0.25) is 14.4 Å². The van der Waals surface area contributed by atoms with E-state index in [-0.39, 0.29) is 88.4 Å². The maximum Gasteiger partial charge on any atom is 0.307 e. The second kappa shape index (κ2) is 36.3. The Labute approximate surface area is 395 Å². The first-order valence-corrected chi connectivity index (χ1v) is 23.8. The molecule has 3 rings (SSSR count). The Morgan fingerprint density at radius 2 is 0.803 bits per heavy atom. The number of allylic oxidation sites excluding steroid dienone is 12. The molecule has 9 nitrogen and oxygen atoms in total. The van der Waals surface area contributed by atoms with Gasteiger partial charge in [-0.15, -0.1) is 0 Å². The lowest BCUT2D eigenvalue weighted by molar-refractivity contribution is -0.166. The predicted molar refractivity (Wildman–Crippen MR) is 259 cm³/mol. The summed E-state index contributed by atoms with van der Waals surface area (Å²) in [6.07, 6.45) is 37.1. The first-order chi connectivity index (χ1) is 32.4. The van der Waals surface area contributed by atoms with Crippen molar-refractivity contribution < 1.29 is 42.8 Å². The van der Waals surface area contributed by atoms with Gasteiger partial charge < -0.3 is 28.4 Å². The fourth-order valence-corrected chi connectivity index (χ4v) is 5.96. The third-order valence-electron chi connectivity index (χ3n) is 9.80. The van der Waals surface area contributed by atoms with Crippen LogP contribution in [0, 0.1) is 71.0 Å². The van der Waals surface area contributed by atoms with Gasteiger partial charge in [0.1, 0.15) is 31.5 Å². The van der Waals surface area contributed by atoms with E-state index < -0.39 is 24.0 Å². The molecule has 0 aromatic carbocycles. The molecule has 3 aliphatic rings. The van der Waals surface area contributed by atoms with E-state index in [1.165, 1.54) is 0 Å². The maximum absolute atomic E-state index is 12.7. The summed E-state index contributed by atoms with van der Waals surface area (Å²) in [5.74, 6) is 32.7. The van der Waals surface area contributed by atoms with Crippen LogP contribution in [0.5, 0.6) is 0 Å². The summed E-state index contributed by atoms with van der Waals surface area (Å²) in [4.78, 5) is 37.8. The van der Waals surface area contributed by atoms with Crippen molar-refractivity contribution >= 4 is 17.9 Å². The van der Waals surface area contributed by atoms with Crippen molar-refractivity contribution in [3.8, 4) is 71.0 Å². The number of epoxide rings is 3. The second-order valence-electron chi connectivity index (χ2n) is 15.6. The van der Waals surface area contributed by atoms with Gasteiger partial charge in [0.25, 0.3) is 0 Å². The average Bonchev–Trinajstić information content (AvgIpc) is 4.26. The molecule has 350 valence electrons. The number of esters is 3. The largest absolute Gasteiger partial charge is 0.462 e. The maximum atomic E-state index is 12.7. The molecule has 9 heteroatoms. The normalized spacial score (nSPS) is 20.4. The summed E-state index contributed by atoms with van der Waals surface area (Å²) >= 11 is 0. The van der Waals surface area contributed by atoms with Gasteiger partial charge in [0, 0.05) is 19.3 Å². The molecular formula is C57H68O9. The predicted octanol–water partition coefficient (Wildman–Crippen LogP) is 9.73. The first kappa shape index (κ1) is 54.4. The van der Waals surface area contributed by atoms with Crippen molar-refractivity contribution in [2.75, 3.05) is 13.2 Å². The number of carbonyl (C=O) groups is 3. The number of rotatable bonds is 29. The van der Waals surface area contributed by atoms with Crippen molar-refractivity contribution in [2.24, 2.45) is 0 Å². The summed E-state index contributed by atoms with van der Waals surface area (Å²) < 4.78 is 33.1. The molecule has 3 fully saturated rings. The van der Waals surface area contributed by atoms with Crippen molar-refractivity contribution in [1.29, 1.82) is 0 Å². The van der Waals surface area contributed by atoms with Gasteiger partial charge in [-0.25, -0.2) is 0 Å². The average molecular weight is 897 g/mol.